The van der Waals surface area contributed by atoms with Crippen molar-refractivity contribution in [3.05, 3.63) is 46.7 Å². The third-order valence-corrected chi connectivity index (χ3v) is 6.58. The summed E-state index contributed by atoms with van der Waals surface area (Å²) in [5.41, 5.74) is 0.279. The number of halogens is 1. The zero-order valence-electron chi connectivity index (χ0n) is 16.5. The maximum Gasteiger partial charge on any atom is 0.251 e. The van der Waals surface area contributed by atoms with Crippen LogP contribution in [0.15, 0.2) is 30.5 Å². The lowest BCUT2D eigenvalue weighted by molar-refractivity contribution is 0.0737. The van der Waals surface area contributed by atoms with Gasteiger partial charge in [-0.05, 0) is 75.1 Å². The van der Waals surface area contributed by atoms with Crippen LogP contribution in [0, 0.1) is 17.8 Å². The molecule has 0 saturated heterocycles. The van der Waals surface area contributed by atoms with Gasteiger partial charge in [0, 0.05) is 16.6 Å². The van der Waals surface area contributed by atoms with E-state index in [1.165, 1.54) is 0 Å². The molecule has 28 heavy (non-hydrogen) atoms. The van der Waals surface area contributed by atoms with Gasteiger partial charge in [0.2, 0.25) is 0 Å². The van der Waals surface area contributed by atoms with E-state index in [4.69, 9.17) is 11.6 Å². The minimum atomic E-state index is -0.971. The summed E-state index contributed by atoms with van der Waals surface area (Å²) in [6.45, 7) is 5.57. The second-order valence-corrected chi connectivity index (χ2v) is 9.10. The second-order valence-electron chi connectivity index (χ2n) is 8.67. The van der Waals surface area contributed by atoms with E-state index >= 15 is 0 Å². The predicted octanol–water partition coefficient (Wildman–Crippen LogP) is 3.56. The number of aromatic nitrogens is 3. The third kappa shape index (κ3) is 3.67. The molecule has 1 aromatic carbocycles. The lowest BCUT2D eigenvalue weighted by Crippen LogP contribution is -2.37. The summed E-state index contributed by atoms with van der Waals surface area (Å²) in [6, 6.07) is 7.54. The highest BCUT2D eigenvalue weighted by molar-refractivity contribution is 6.30. The lowest BCUT2D eigenvalue weighted by Gasteiger charge is -2.21. The molecule has 2 fully saturated rings. The Morgan fingerprint density at radius 3 is 2.50 bits per heavy atom. The van der Waals surface area contributed by atoms with Crippen molar-refractivity contribution in [2.45, 2.75) is 57.7 Å². The van der Waals surface area contributed by atoms with Crippen molar-refractivity contribution in [1.29, 1.82) is 0 Å². The van der Waals surface area contributed by atoms with Crippen molar-refractivity contribution < 1.29 is 9.90 Å². The number of amides is 1. The highest BCUT2D eigenvalue weighted by atomic mass is 35.5. The standard InChI is InChI=1S/C21H27ClN4O2/c1-4-17(23-20(27)12-5-7-13(22)8-6-12)19-15-9-14(10-16(15)19)26-11-18(24-25-26)21(2,3)28/h5-8,11,14-17,19,28H,4,9-10H2,1-3H3,(H,23,27)/t14-,15-,16+,17-,19+/m1/s1. The summed E-state index contributed by atoms with van der Waals surface area (Å²) < 4.78 is 1.91. The summed E-state index contributed by atoms with van der Waals surface area (Å²) >= 11 is 5.91. The highest BCUT2D eigenvalue weighted by Gasteiger charge is 2.59. The molecule has 2 saturated carbocycles. The van der Waals surface area contributed by atoms with Gasteiger partial charge in [-0.3, -0.25) is 4.79 Å². The monoisotopic (exact) mass is 402 g/mol. The Kier molecular flexibility index (Phi) is 4.96. The molecule has 1 heterocycles. The molecule has 0 unspecified atom stereocenters. The van der Waals surface area contributed by atoms with Crippen LogP contribution in [0.3, 0.4) is 0 Å². The molecule has 5 atom stereocenters. The molecule has 2 aliphatic rings. The number of hydrogen-bond acceptors (Lipinski definition) is 4. The molecular weight excluding hydrogens is 376 g/mol. The molecule has 0 aliphatic heterocycles. The molecule has 2 N–H and O–H groups in total. The van der Waals surface area contributed by atoms with Crippen LogP contribution in [0.2, 0.25) is 5.02 Å². The fourth-order valence-corrected chi connectivity index (χ4v) is 4.86. The van der Waals surface area contributed by atoms with Crippen molar-refractivity contribution in [3.63, 3.8) is 0 Å². The summed E-state index contributed by atoms with van der Waals surface area (Å²) in [4.78, 5) is 12.6. The van der Waals surface area contributed by atoms with Crippen LogP contribution in [-0.2, 0) is 5.60 Å². The third-order valence-electron chi connectivity index (χ3n) is 6.32. The van der Waals surface area contributed by atoms with Crippen LogP contribution in [0.1, 0.15) is 62.1 Å². The molecule has 1 aromatic heterocycles. The summed E-state index contributed by atoms with van der Waals surface area (Å²) in [6.07, 6.45) is 4.90. The van der Waals surface area contributed by atoms with Gasteiger partial charge < -0.3 is 10.4 Å². The Bertz CT molecular complexity index is 846. The summed E-state index contributed by atoms with van der Waals surface area (Å²) in [5, 5.41) is 22.3. The van der Waals surface area contributed by atoms with Crippen LogP contribution in [0.4, 0.5) is 0 Å². The van der Waals surface area contributed by atoms with Crippen LogP contribution in [0.25, 0.3) is 0 Å². The normalized spacial score (nSPS) is 27.3. The van der Waals surface area contributed by atoms with Crippen molar-refractivity contribution in [1.82, 2.24) is 20.3 Å². The van der Waals surface area contributed by atoms with E-state index in [1.54, 1.807) is 38.1 Å². The SMILES string of the molecule is CC[C@@H](NC(=O)c1ccc(Cl)cc1)[C@H]1[C@@H]2C[C@@H](n3cc(C(C)(C)O)nn3)C[C@@H]21. The molecule has 0 spiro atoms. The van der Waals surface area contributed by atoms with E-state index < -0.39 is 5.60 Å². The number of hydrogen-bond donors (Lipinski definition) is 2. The van der Waals surface area contributed by atoms with Gasteiger partial charge in [-0.25, -0.2) is 4.68 Å². The molecule has 150 valence electrons. The molecule has 4 rings (SSSR count). The maximum absolute atomic E-state index is 12.6. The first-order chi connectivity index (χ1) is 13.3. The van der Waals surface area contributed by atoms with Gasteiger partial charge in [0.15, 0.2) is 0 Å². The zero-order chi connectivity index (χ0) is 20.1. The Morgan fingerprint density at radius 2 is 1.96 bits per heavy atom. The number of carbonyl (C=O) groups is 1. The predicted molar refractivity (Wildman–Crippen MR) is 107 cm³/mol. The van der Waals surface area contributed by atoms with E-state index in [2.05, 4.69) is 22.6 Å². The van der Waals surface area contributed by atoms with Gasteiger partial charge in [0.25, 0.3) is 5.91 Å². The Balaban J connectivity index is 1.35. The fraction of sp³-hybridized carbons (Fsp3) is 0.571. The molecule has 6 nitrogen and oxygen atoms in total. The maximum atomic E-state index is 12.6. The Hall–Kier alpha value is -1.92. The zero-order valence-corrected chi connectivity index (χ0v) is 17.2. The van der Waals surface area contributed by atoms with Gasteiger partial charge in [0.1, 0.15) is 11.3 Å². The number of nitrogens with zero attached hydrogens (tertiary/aromatic N) is 3. The molecule has 2 aromatic rings. The first kappa shape index (κ1) is 19.4. The van der Waals surface area contributed by atoms with Gasteiger partial charge >= 0.3 is 0 Å². The van der Waals surface area contributed by atoms with Crippen LogP contribution in [0.5, 0.6) is 0 Å². The number of rotatable bonds is 6. The second kappa shape index (κ2) is 7.16. The highest BCUT2D eigenvalue weighted by Crippen LogP contribution is 2.62. The van der Waals surface area contributed by atoms with E-state index in [0.717, 1.165) is 19.3 Å². The largest absolute Gasteiger partial charge is 0.384 e. The minimum absolute atomic E-state index is 0.0314. The average Bonchev–Trinajstić information content (AvgIpc) is 3.05. The minimum Gasteiger partial charge on any atom is -0.384 e. The van der Waals surface area contributed by atoms with Crippen LogP contribution in [-0.4, -0.2) is 32.0 Å². The number of benzene rings is 1. The fourth-order valence-electron chi connectivity index (χ4n) is 4.73. The van der Waals surface area contributed by atoms with Gasteiger partial charge in [-0.15, -0.1) is 5.10 Å². The Morgan fingerprint density at radius 1 is 1.32 bits per heavy atom. The van der Waals surface area contributed by atoms with Crippen molar-refractivity contribution >= 4 is 17.5 Å². The van der Waals surface area contributed by atoms with Crippen LogP contribution < -0.4 is 5.32 Å². The lowest BCUT2D eigenvalue weighted by atomic mass is 9.99. The van der Waals surface area contributed by atoms with Crippen molar-refractivity contribution in [2.24, 2.45) is 17.8 Å². The van der Waals surface area contributed by atoms with Crippen molar-refractivity contribution in [3.8, 4) is 0 Å². The number of fused-ring (bicyclic) bond motifs is 1. The van der Waals surface area contributed by atoms with Crippen molar-refractivity contribution in [2.75, 3.05) is 0 Å². The number of aliphatic hydroxyl groups is 1. The van der Waals surface area contributed by atoms with Gasteiger partial charge in [-0.1, -0.05) is 23.7 Å². The Labute approximate surface area is 170 Å². The average molecular weight is 403 g/mol. The van der Waals surface area contributed by atoms with Crippen LogP contribution >= 0.6 is 11.6 Å². The quantitative estimate of drug-likeness (QED) is 0.774. The molecule has 2 aliphatic carbocycles. The van der Waals surface area contributed by atoms with Gasteiger partial charge in [-0.2, -0.15) is 0 Å². The summed E-state index contributed by atoms with van der Waals surface area (Å²) in [7, 11) is 0. The molecule has 7 heteroatoms. The summed E-state index contributed by atoms with van der Waals surface area (Å²) in [5.74, 6) is 1.75. The molecule has 0 radical (unpaired) electrons. The van der Waals surface area contributed by atoms with E-state index in [-0.39, 0.29) is 11.9 Å². The molecular formula is C21H27ClN4O2. The number of carbonyl (C=O) groups excluding carboxylic acids is 1. The first-order valence-corrected chi connectivity index (χ1v) is 10.4. The smallest absolute Gasteiger partial charge is 0.251 e. The number of nitrogens with one attached hydrogen (secondary N) is 1. The molecule has 0 bridgehead atoms. The van der Waals surface area contributed by atoms with E-state index in [1.807, 2.05) is 10.9 Å². The van der Waals surface area contributed by atoms with E-state index in [9.17, 15) is 9.90 Å². The molecule has 1 amide bonds. The topological polar surface area (TPSA) is 80.0 Å². The van der Waals surface area contributed by atoms with Gasteiger partial charge in [0.05, 0.1) is 12.2 Å². The van der Waals surface area contributed by atoms with E-state index in [0.29, 0.717) is 40.1 Å². The first-order valence-electron chi connectivity index (χ1n) is 9.99.